The highest BCUT2D eigenvalue weighted by Gasteiger charge is 2.35. The average Bonchev–Trinajstić information content (AvgIpc) is 3.06. The molecule has 31 heavy (non-hydrogen) atoms. The van der Waals surface area contributed by atoms with Crippen molar-refractivity contribution < 1.29 is 13.2 Å². The number of alkyl halides is 3. The van der Waals surface area contributed by atoms with Crippen molar-refractivity contribution in [3.63, 3.8) is 0 Å². The molecule has 2 N–H and O–H groups in total. The van der Waals surface area contributed by atoms with Crippen LogP contribution in [0.1, 0.15) is 51.8 Å². The Labute approximate surface area is 180 Å². The summed E-state index contributed by atoms with van der Waals surface area (Å²) in [6.07, 6.45) is -2.90. The van der Waals surface area contributed by atoms with Gasteiger partial charge in [-0.1, -0.05) is 26.0 Å². The van der Waals surface area contributed by atoms with Crippen LogP contribution >= 0.6 is 0 Å². The highest BCUT2D eigenvalue weighted by molar-refractivity contribution is 5.94. The third-order valence-electron chi connectivity index (χ3n) is 4.72. The first-order chi connectivity index (χ1) is 14.6. The maximum Gasteiger partial charge on any atom is 0.405 e. The lowest BCUT2D eigenvalue weighted by Gasteiger charge is -2.18. The number of hydrogen-bond acceptors (Lipinski definition) is 4. The fraction of sp³-hybridized carbons (Fsp3) is 0.391. The molecule has 2 heterocycles. The third kappa shape index (κ3) is 5.17. The molecule has 0 saturated heterocycles. The number of aryl methyl sites for hydroxylation is 1. The van der Waals surface area contributed by atoms with Gasteiger partial charge in [-0.2, -0.15) is 18.4 Å². The fourth-order valence-corrected chi connectivity index (χ4v) is 3.20. The maximum atomic E-state index is 12.6. The number of aromatic nitrogens is 2. The second-order valence-corrected chi connectivity index (χ2v) is 7.28. The van der Waals surface area contributed by atoms with Crippen LogP contribution in [0.5, 0.6) is 0 Å². The van der Waals surface area contributed by atoms with Gasteiger partial charge in [-0.15, -0.1) is 0 Å². The summed E-state index contributed by atoms with van der Waals surface area (Å²) in [6, 6.07) is 9.94. The molecule has 1 aromatic carbocycles. The minimum absolute atomic E-state index is 0.0882. The topological polar surface area (TPSA) is 65.7 Å². The van der Waals surface area contributed by atoms with Crippen LogP contribution in [-0.4, -0.2) is 21.8 Å². The van der Waals surface area contributed by atoms with Crippen LogP contribution in [0.15, 0.2) is 36.5 Å². The van der Waals surface area contributed by atoms with Crippen molar-refractivity contribution in [2.45, 2.75) is 59.8 Å². The van der Waals surface area contributed by atoms with Gasteiger partial charge in [-0.05, 0) is 51.5 Å². The number of pyridine rings is 1. The molecule has 0 amide bonds. The number of nitrogens with zero attached hydrogens (tertiary/aromatic N) is 3. The van der Waals surface area contributed by atoms with Gasteiger partial charge >= 0.3 is 6.18 Å². The Kier molecular flexibility index (Phi) is 7.69. The van der Waals surface area contributed by atoms with Gasteiger partial charge in [-0.25, -0.2) is 5.43 Å². The average molecular weight is 432 g/mol. The zero-order chi connectivity index (χ0) is 23.3. The van der Waals surface area contributed by atoms with Gasteiger partial charge in [0.25, 0.3) is 0 Å². The summed E-state index contributed by atoms with van der Waals surface area (Å²) < 4.78 is 39.9. The Balaban J connectivity index is 0.00000166. The molecule has 0 aliphatic heterocycles. The van der Waals surface area contributed by atoms with Gasteiger partial charge in [0, 0.05) is 11.4 Å². The Morgan fingerprint density at radius 3 is 2.29 bits per heavy atom. The van der Waals surface area contributed by atoms with Gasteiger partial charge in [0.15, 0.2) is 0 Å². The first-order valence-electron chi connectivity index (χ1n) is 10.2. The van der Waals surface area contributed by atoms with Crippen molar-refractivity contribution in [1.29, 1.82) is 5.26 Å². The normalized spacial score (nSPS) is 12.3. The van der Waals surface area contributed by atoms with Crippen molar-refractivity contribution in [1.82, 2.24) is 15.0 Å². The third-order valence-corrected chi connectivity index (χ3v) is 4.72. The van der Waals surface area contributed by atoms with E-state index in [1.54, 1.807) is 12.1 Å². The number of halogens is 3. The van der Waals surface area contributed by atoms with E-state index >= 15 is 0 Å². The molecule has 2 aromatic heterocycles. The molecular weight excluding hydrogens is 403 g/mol. The molecule has 0 fully saturated rings. The van der Waals surface area contributed by atoms with Gasteiger partial charge in [0.05, 0.1) is 34.4 Å². The summed E-state index contributed by atoms with van der Waals surface area (Å²) in [5.41, 5.74) is 8.98. The van der Waals surface area contributed by atoms with Crippen molar-refractivity contribution in [3.8, 4) is 17.5 Å². The summed E-state index contributed by atoms with van der Waals surface area (Å²) >= 11 is 0. The molecule has 0 saturated carbocycles. The molecule has 3 rings (SSSR count). The summed E-state index contributed by atoms with van der Waals surface area (Å²) in [7, 11) is 0. The van der Waals surface area contributed by atoms with Gasteiger partial charge in [0.1, 0.15) is 12.1 Å². The van der Waals surface area contributed by atoms with E-state index in [1.165, 1.54) is 6.20 Å². The molecule has 1 atom stereocenters. The second kappa shape index (κ2) is 9.84. The minimum atomic E-state index is -4.35. The molecular formula is C23H28F3N5. The number of hydrogen-bond donors (Lipinski definition) is 2. The monoisotopic (exact) mass is 431 g/mol. The van der Waals surface area contributed by atoms with E-state index in [4.69, 9.17) is 0 Å². The van der Waals surface area contributed by atoms with Gasteiger partial charge in [0.2, 0.25) is 0 Å². The van der Waals surface area contributed by atoms with Gasteiger partial charge in [-0.3, -0.25) is 4.98 Å². The lowest BCUT2D eigenvalue weighted by Crippen LogP contribution is -2.42. The lowest BCUT2D eigenvalue weighted by molar-refractivity contribution is -0.150. The molecule has 0 spiro atoms. The highest BCUT2D eigenvalue weighted by Crippen LogP contribution is 2.35. The maximum absolute atomic E-state index is 12.6. The number of fused-ring (bicyclic) bond motifs is 1. The van der Waals surface area contributed by atoms with Crippen LogP contribution in [0.2, 0.25) is 0 Å². The van der Waals surface area contributed by atoms with Crippen LogP contribution in [0.4, 0.5) is 18.9 Å². The fourth-order valence-electron chi connectivity index (χ4n) is 3.20. The zero-order valence-electron chi connectivity index (χ0n) is 18.6. The van der Waals surface area contributed by atoms with Crippen LogP contribution in [0.25, 0.3) is 22.3 Å². The quantitative estimate of drug-likeness (QED) is 0.462. The number of nitrogens with one attached hydrogen (secondary N) is 2. The Bertz CT molecular complexity index is 1060. The van der Waals surface area contributed by atoms with Crippen LogP contribution in [0.3, 0.4) is 0 Å². The molecule has 0 unspecified atom stereocenters. The van der Waals surface area contributed by atoms with E-state index < -0.39 is 12.2 Å². The molecule has 0 aliphatic carbocycles. The highest BCUT2D eigenvalue weighted by atomic mass is 19.4. The SMILES string of the molecule is CC.Cc1ccc2c(C#N)c(-c3ccc(NN[C@H](C)C(F)(F)F)cn3)n(C(C)C)c2c1. The standard InChI is InChI=1S/C21H22F3N5.C2H6/c1-12(2)29-19-9-13(3)5-7-16(19)17(10-25)20(29)18-8-6-15(11-26-18)28-27-14(4)21(22,23)24;1-2/h5-9,11-12,14,27-28H,1-4H3;1-2H3/t14-;/m1./s1. The van der Waals surface area contributed by atoms with Crippen molar-refractivity contribution >= 4 is 16.6 Å². The molecule has 5 nitrogen and oxygen atoms in total. The Morgan fingerprint density at radius 1 is 1.10 bits per heavy atom. The smallest absolute Gasteiger partial charge is 0.336 e. The number of benzene rings is 1. The van der Waals surface area contributed by atoms with E-state index in [-0.39, 0.29) is 6.04 Å². The molecule has 0 aliphatic rings. The number of hydrazine groups is 1. The molecule has 3 aromatic rings. The number of rotatable bonds is 5. The van der Waals surface area contributed by atoms with Gasteiger partial charge < -0.3 is 9.99 Å². The Morgan fingerprint density at radius 2 is 1.77 bits per heavy atom. The van der Waals surface area contributed by atoms with E-state index in [9.17, 15) is 18.4 Å². The molecule has 0 radical (unpaired) electrons. The minimum Gasteiger partial charge on any atom is -0.336 e. The van der Waals surface area contributed by atoms with E-state index in [0.717, 1.165) is 23.4 Å². The molecule has 8 heteroatoms. The first kappa shape index (κ1) is 24.2. The first-order valence-corrected chi connectivity index (χ1v) is 10.2. The van der Waals surface area contributed by atoms with Crippen LogP contribution in [-0.2, 0) is 0 Å². The molecule has 0 bridgehead atoms. The van der Waals surface area contributed by atoms with Crippen molar-refractivity contribution in [2.24, 2.45) is 0 Å². The molecule has 166 valence electrons. The summed E-state index contributed by atoms with van der Waals surface area (Å²) in [5.74, 6) is 0. The summed E-state index contributed by atoms with van der Waals surface area (Å²) in [6.45, 7) is 11.1. The Hall–Kier alpha value is -3.05. The van der Waals surface area contributed by atoms with Crippen molar-refractivity contribution in [3.05, 3.63) is 47.7 Å². The van der Waals surface area contributed by atoms with Crippen LogP contribution < -0.4 is 10.9 Å². The predicted octanol–water partition coefficient (Wildman–Crippen LogP) is 6.36. The number of anilines is 1. The van der Waals surface area contributed by atoms with Crippen LogP contribution in [0, 0.1) is 18.3 Å². The zero-order valence-corrected chi connectivity index (χ0v) is 18.6. The second-order valence-electron chi connectivity index (χ2n) is 7.28. The summed E-state index contributed by atoms with van der Waals surface area (Å²) in [5, 5.41) is 10.7. The van der Waals surface area contributed by atoms with E-state index in [0.29, 0.717) is 22.6 Å². The largest absolute Gasteiger partial charge is 0.405 e. The number of nitriles is 1. The van der Waals surface area contributed by atoms with E-state index in [2.05, 4.69) is 26.5 Å². The summed E-state index contributed by atoms with van der Waals surface area (Å²) in [4.78, 5) is 4.40. The van der Waals surface area contributed by atoms with Crippen molar-refractivity contribution in [2.75, 3.05) is 5.43 Å². The lowest BCUT2D eigenvalue weighted by atomic mass is 10.1. The van der Waals surface area contributed by atoms with E-state index in [1.807, 2.05) is 52.8 Å². The predicted molar refractivity (Wildman–Crippen MR) is 119 cm³/mol.